The highest BCUT2D eigenvalue weighted by Crippen LogP contribution is 2.30. The number of nitrogens with zero attached hydrogens (tertiary/aromatic N) is 3. The Bertz CT molecular complexity index is 563. The van der Waals surface area contributed by atoms with E-state index in [1.165, 1.54) is 12.4 Å². The molecule has 1 aromatic heterocycles. The van der Waals surface area contributed by atoms with Gasteiger partial charge in [-0.3, -0.25) is 0 Å². The first-order chi connectivity index (χ1) is 8.65. The summed E-state index contributed by atoms with van der Waals surface area (Å²) in [5, 5.41) is 0.276. The molecule has 6 heteroatoms. The zero-order valence-electron chi connectivity index (χ0n) is 9.57. The molecule has 0 atom stereocenters. The fraction of sp³-hybridized carbons (Fsp3) is 0.167. The normalized spacial score (nSPS) is 10.4. The first-order valence-corrected chi connectivity index (χ1v) is 6.10. The Kier molecular flexibility index (Phi) is 3.99. The van der Waals surface area contributed by atoms with Gasteiger partial charge in [0.2, 0.25) is 0 Å². The Morgan fingerprint density at radius 3 is 2.67 bits per heavy atom. The minimum Gasteiger partial charge on any atom is -0.327 e. The molecule has 0 saturated heterocycles. The lowest BCUT2D eigenvalue weighted by Gasteiger charge is -2.21. The molecule has 0 radical (unpaired) electrons. The van der Waals surface area contributed by atoms with Crippen LogP contribution in [-0.2, 0) is 5.88 Å². The number of halogens is 3. The van der Waals surface area contributed by atoms with Gasteiger partial charge >= 0.3 is 0 Å². The molecule has 0 amide bonds. The fourth-order valence-corrected chi connectivity index (χ4v) is 2.13. The van der Waals surface area contributed by atoms with E-state index in [9.17, 15) is 4.39 Å². The maximum Gasteiger partial charge on any atom is 0.146 e. The summed E-state index contributed by atoms with van der Waals surface area (Å²) in [4.78, 5) is 9.56. The van der Waals surface area contributed by atoms with Crippen molar-refractivity contribution in [1.82, 2.24) is 9.97 Å². The van der Waals surface area contributed by atoms with Crippen molar-refractivity contribution in [2.75, 3.05) is 11.9 Å². The van der Waals surface area contributed by atoms with Crippen molar-refractivity contribution in [3.05, 3.63) is 47.1 Å². The van der Waals surface area contributed by atoms with Crippen molar-refractivity contribution in [2.45, 2.75) is 5.88 Å². The van der Waals surface area contributed by atoms with Crippen LogP contribution in [0.4, 0.5) is 15.9 Å². The van der Waals surface area contributed by atoms with Gasteiger partial charge in [0.25, 0.3) is 0 Å². The number of hydrogen-bond acceptors (Lipinski definition) is 3. The predicted octanol–water partition coefficient (Wildman–Crippen LogP) is 3.78. The lowest BCUT2D eigenvalue weighted by molar-refractivity contribution is 0.627. The van der Waals surface area contributed by atoms with E-state index in [1.54, 1.807) is 30.1 Å². The molecule has 0 unspecified atom stereocenters. The van der Waals surface area contributed by atoms with Gasteiger partial charge in [0.1, 0.15) is 23.1 Å². The van der Waals surface area contributed by atoms with E-state index in [1.807, 2.05) is 0 Å². The highest BCUT2D eigenvalue weighted by molar-refractivity contribution is 6.31. The first-order valence-electron chi connectivity index (χ1n) is 5.18. The molecule has 0 saturated carbocycles. The molecule has 0 aliphatic rings. The van der Waals surface area contributed by atoms with Crippen molar-refractivity contribution in [1.29, 1.82) is 0 Å². The third kappa shape index (κ3) is 2.40. The number of alkyl halides is 1. The van der Waals surface area contributed by atoms with Gasteiger partial charge < -0.3 is 4.90 Å². The van der Waals surface area contributed by atoms with Gasteiger partial charge in [-0.25, -0.2) is 14.4 Å². The van der Waals surface area contributed by atoms with E-state index >= 15 is 0 Å². The van der Waals surface area contributed by atoms with Gasteiger partial charge in [-0.05, 0) is 12.1 Å². The van der Waals surface area contributed by atoms with E-state index in [0.29, 0.717) is 17.1 Å². The van der Waals surface area contributed by atoms with Crippen LogP contribution in [0.3, 0.4) is 0 Å². The molecule has 0 N–H and O–H groups in total. The molecule has 0 spiro atoms. The van der Waals surface area contributed by atoms with E-state index in [-0.39, 0.29) is 16.9 Å². The smallest absolute Gasteiger partial charge is 0.146 e. The van der Waals surface area contributed by atoms with Gasteiger partial charge in [-0.1, -0.05) is 23.7 Å². The molecule has 2 rings (SSSR count). The zero-order chi connectivity index (χ0) is 13.1. The number of para-hydroxylation sites is 1. The van der Waals surface area contributed by atoms with Crippen LogP contribution in [0.2, 0.25) is 5.15 Å². The van der Waals surface area contributed by atoms with Gasteiger partial charge in [0, 0.05) is 12.6 Å². The highest BCUT2D eigenvalue weighted by atomic mass is 35.5. The molecular formula is C12H10Cl2FN3. The average Bonchev–Trinajstić information content (AvgIpc) is 2.38. The Labute approximate surface area is 114 Å². The maximum atomic E-state index is 13.7. The second kappa shape index (κ2) is 5.50. The third-order valence-corrected chi connectivity index (χ3v) is 3.13. The van der Waals surface area contributed by atoms with E-state index < -0.39 is 0 Å². The molecule has 0 bridgehead atoms. The summed E-state index contributed by atoms with van der Waals surface area (Å²) in [6.45, 7) is 0. The largest absolute Gasteiger partial charge is 0.327 e. The van der Waals surface area contributed by atoms with Gasteiger partial charge in [-0.2, -0.15) is 0 Å². The van der Waals surface area contributed by atoms with Crippen LogP contribution in [0.1, 0.15) is 5.56 Å². The van der Waals surface area contributed by atoms with Crippen LogP contribution in [0, 0.1) is 5.82 Å². The SMILES string of the molecule is CN(c1ccccc1F)c1ncnc(Cl)c1CCl. The first kappa shape index (κ1) is 13.1. The second-order valence-electron chi connectivity index (χ2n) is 3.61. The van der Waals surface area contributed by atoms with Crippen LogP contribution in [-0.4, -0.2) is 17.0 Å². The minimum atomic E-state index is -0.338. The monoisotopic (exact) mass is 285 g/mol. The lowest BCUT2D eigenvalue weighted by atomic mass is 10.2. The van der Waals surface area contributed by atoms with Crippen molar-refractivity contribution in [3.63, 3.8) is 0 Å². The summed E-state index contributed by atoms with van der Waals surface area (Å²) in [6.07, 6.45) is 1.32. The Balaban J connectivity index is 2.50. The van der Waals surface area contributed by atoms with Crippen LogP contribution in [0.5, 0.6) is 0 Å². The van der Waals surface area contributed by atoms with Gasteiger partial charge in [0.15, 0.2) is 0 Å². The highest BCUT2D eigenvalue weighted by Gasteiger charge is 2.16. The zero-order valence-corrected chi connectivity index (χ0v) is 11.1. The minimum absolute atomic E-state index is 0.161. The quantitative estimate of drug-likeness (QED) is 0.635. The van der Waals surface area contributed by atoms with Crippen LogP contribution < -0.4 is 4.90 Å². The number of benzene rings is 1. The Morgan fingerprint density at radius 2 is 2.00 bits per heavy atom. The summed E-state index contributed by atoms with van der Waals surface area (Å²) >= 11 is 11.8. The molecular weight excluding hydrogens is 276 g/mol. The summed E-state index contributed by atoms with van der Waals surface area (Å²) in [5.74, 6) is 0.318. The van der Waals surface area contributed by atoms with E-state index in [0.717, 1.165) is 0 Å². The Hall–Kier alpha value is -1.39. The summed E-state index contributed by atoms with van der Waals surface area (Å²) in [7, 11) is 1.70. The molecule has 2 aromatic rings. The average molecular weight is 286 g/mol. The van der Waals surface area contributed by atoms with Crippen molar-refractivity contribution in [2.24, 2.45) is 0 Å². The van der Waals surface area contributed by atoms with Gasteiger partial charge in [0.05, 0.1) is 11.6 Å². The van der Waals surface area contributed by atoms with Crippen LogP contribution in [0.15, 0.2) is 30.6 Å². The second-order valence-corrected chi connectivity index (χ2v) is 4.24. The summed E-state index contributed by atoms with van der Waals surface area (Å²) < 4.78 is 13.7. The van der Waals surface area contributed by atoms with Gasteiger partial charge in [-0.15, -0.1) is 11.6 Å². The number of anilines is 2. The summed E-state index contributed by atoms with van der Waals surface area (Å²) in [5.41, 5.74) is 0.977. The molecule has 3 nitrogen and oxygen atoms in total. The van der Waals surface area contributed by atoms with Crippen LogP contribution >= 0.6 is 23.2 Å². The molecule has 0 aliphatic carbocycles. The molecule has 18 heavy (non-hydrogen) atoms. The molecule has 1 aromatic carbocycles. The lowest BCUT2D eigenvalue weighted by Crippen LogP contribution is -2.15. The third-order valence-electron chi connectivity index (χ3n) is 2.54. The number of aromatic nitrogens is 2. The van der Waals surface area contributed by atoms with E-state index in [2.05, 4.69) is 9.97 Å². The van der Waals surface area contributed by atoms with Crippen LogP contribution in [0.25, 0.3) is 0 Å². The van der Waals surface area contributed by atoms with Crippen molar-refractivity contribution in [3.8, 4) is 0 Å². The predicted molar refractivity (Wildman–Crippen MR) is 71.1 cm³/mol. The number of rotatable bonds is 3. The summed E-state index contributed by atoms with van der Waals surface area (Å²) in [6, 6.07) is 6.42. The Morgan fingerprint density at radius 1 is 1.28 bits per heavy atom. The fourth-order valence-electron chi connectivity index (χ4n) is 1.62. The maximum absolute atomic E-state index is 13.7. The standard InChI is InChI=1S/C12H10Cl2FN3/c1-18(10-5-3-2-4-9(10)15)12-8(6-13)11(14)16-7-17-12/h2-5,7H,6H2,1H3. The van der Waals surface area contributed by atoms with E-state index in [4.69, 9.17) is 23.2 Å². The molecule has 94 valence electrons. The number of hydrogen-bond donors (Lipinski definition) is 0. The molecule has 0 fully saturated rings. The molecule has 1 heterocycles. The van der Waals surface area contributed by atoms with Crippen molar-refractivity contribution < 1.29 is 4.39 Å². The van der Waals surface area contributed by atoms with Crippen molar-refractivity contribution >= 4 is 34.7 Å². The topological polar surface area (TPSA) is 29.0 Å². The molecule has 0 aliphatic heterocycles.